The molecule has 3 rings (SSSR count). The number of hydrogen-bond donors (Lipinski definition) is 5. The van der Waals surface area contributed by atoms with Gasteiger partial charge in [0.15, 0.2) is 0 Å². The molecule has 0 fully saturated rings. The lowest BCUT2D eigenvalue weighted by Crippen LogP contribution is -2.25. The van der Waals surface area contributed by atoms with Gasteiger partial charge in [-0.05, 0) is 54.8 Å². The fourth-order valence-corrected chi connectivity index (χ4v) is 3.01. The fraction of sp³-hybridized carbons (Fsp3) is 0.238. The van der Waals surface area contributed by atoms with E-state index in [1.54, 1.807) is 48.3 Å². The Kier molecular flexibility index (Phi) is 6.70. The predicted octanol–water partition coefficient (Wildman–Crippen LogP) is 3.44. The molecule has 2 heterocycles. The number of phenols is 1. The van der Waals surface area contributed by atoms with Crippen molar-refractivity contribution in [1.82, 2.24) is 15.8 Å². The molecule has 2 aromatic heterocycles. The quantitative estimate of drug-likeness (QED) is 0.215. The van der Waals surface area contributed by atoms with Gasteiger partial charge in [0.05, 0.1) is 12.5 Å². The number of unbranched alkanes of at least 4 members (excludes halogenated alkanes) is 2. The normalized spacial score (nSPS) is 10.7. The average Bonchev–Trinajstić information content (AvgIpc) is 3.40. The smallest absolute Gasteiger partial charge is 0.268 e. The highest BCUT2D eigenvalue weighted by atomic mass is 16.5. The summed E-state index contributed by atoms with van der Waals surface area (Å²) in [5.74, 6) is -0.476. The van der Waals surface area contributed by atoms with Crippen LogP contribution in [0.15, 0.2) is 53.3 Å². The van der Waals surface area contributed by atoms with Crippen LogP contribution in [0, 0.1) is 0 Å². The number of amides is 2. The number of nitrogens with one attached hydrogen (secondary N) is 3. The first-order valence-electron chi connectivity index (χ1n) is 9.34. The van der Waals surface area contributed by atoms with Gasteiger partial charge in [-0.25, -0.2) is 5.48 Å². The Balaban J connectivity index is 1.67. The highest BCUT2D eigenvalue weighted by molar-refractivity contribution is 6.00. The number of phenolic OH excluding ortho intramolecular Hbond substituents is 1. The van der Waals surface area contributed by atoms with E-state index in [4.69, 9.17) is 9.62 Å². The second kappa shape index (κ2) is 9.61. The van der Waals surface area contributed by atoms with Crippen molar-refractivity contribution < 1.29 is 24.3 Å². The van der Waals surface area contributed by atoms with E-state index in [1.807, 2.05) is 6.07 Å². The van der Waals surface area contributed by atoms with Crippen molar-refractivity contribution in [2.75, 3.05) is 6.54 Å². The molecule has 1 aromatic carbocycles. The van der Waals surface area contributed by atoms with Gasteiger partial charge in [-0.3, -0.25) is 14.8 Å². The van der Waals surface area contributed by atoms with Gasteiger partial charge in [-0.2, -0.15) is 0 Å². The monoisotopic (exact) mass is 397 g/mol. The van der Waals surface area contributed by atoms with Crippen LogP contribution >= 0.6 is 0 Å². The summed E-state index contributed by atoms with van der Waals surface area (Å²) in [6, 6.07) is 10.4. The number of rotatable bonds is 9. The fourth-order valence-electron chi connectivity index (χ4n) is 3.01. The molecule has 0 aliphatic rings. The second-order valence-corrected chi connectivity index (χ2v) is 6.63. The summed E-state index contributed by atoms with van der Waals surface area (Å²) in [5.41, 5.74) is 5.12. The molecular weight excluding hydrogens is 374 g/mol. The van der Waals surface area contributed by atoms with Gasteiger partial charge in [-0.1, -0.05) is 6.42 Å². The Bertz CT molecular complexity index is 945. The van der Waals surface area contributed by atoms with Crippen molar-refractivity contribution in [1.29, 1.82) is 0 Å². The molecule has 0 unspecified atom stereocenters. The van der Waals surface area contributed by atoms with Crippen LogP contribution in [0.4, 0.5) is 0 Å². The Labute approximate surface area is 167 Å². The topological polar surface area (TPSA) is 128 Å². The number of carbonyl (C=O) groups is 2. The Morgan fingerprint density at radius 2 is 1.83 bits per heavy atom. The van der Waals surface area contributed by atoms with Gasteiger partial charge in [0, 0.05) is 29.8 Å². The maximum Gasteiger partial charge on any atom is 0.268 e. The van der Waals surface area contributed by atoms with Crippen molar-refractivity contribution in [3.05, 3.63) is 54.6 Å². The molecule has 0 saturated heterocycles. The number of hydrogen-bond acceptors (Lipinski definition) is 5. The summed E-state index contributed by atoms with van der Waals surface area (Å²) in [5, 5.41) is 20.8. The van der Waals surface area contributed by atoms with E-state index in [0.29, 0.717) is 18.7 Å². The molecule has 0 aliphatic heterocycles. The summed E-state index contributed by atoms with van der Waals surface area (Å²) in [6.07, 6.45) is 5.49. The molecule has 5 N–H and O–H groups in total. The van der Waals surface area contributed by atoms with E-state index in [-0.39, 0.29) is 18.1 Å². The third-order valence-electron chi connectivity index (χ3n) is 4.55. The molecule has 29 heavy (non-hydrogen) atoms. The maximum absolute atomic E-state index is 12.7. The third kappa shape index (κ3) is 5.26. The predicted molar refractivity (Wildman–Crippen MR) is 106 cm³/mol. The highest BCUT2D eigenvalue weighted by Crippen LogP contribution is 2.30. The summed E-state index contributed by atoms with van der Waals surface area (Å²) in [6.45, 7) is 0.470. The minimum absolute atomic E-state index is 0.171. The Morgan fingerprint density at radius 1 is 1.03 bits per heavy atom. The zero-order valence-corrected chi connectivity index (χ0v) is 15.8. The van der Waals surface area contributed by atoms with Crippen LogP contribution in [-0.2, 0) is 4.79 Å². The van der Waals surface area contributed by atoms with Gasteiger partial charge in [-0.15, -0.1) is 0 Å². The van der Waals surface area contributed by atoms with Gasteiger partial charge < -0.3 is 19.8 Å². The lowest BCUT2D eigenvalue weighted by Gasteiger charge is -2.06. The first-order valence-corrected chi connectivity index (χ1v) is 9.34. The Morgan fingerprint density at radius 3 is 2.52 bits per heavy atom. The highest BCUT2D eigenvalue weighted by Gasteiger charge is 2.18. The van der Waals surface area contributed by atoms with Crippen molar-refractivity contribution >= 4 is 11.8 Å². The molecular formula is C21H23N3O5. The van der Waals surface area contributed by atoms with E-state index in [9.17, 15) is 14.7 Å². The molecule has 8 heteroatoms. The maximum atomic E-state index is 12.7. The summed E-state index contributed by atoms with van der Waals surface area (Å²) in [7, 11) is 0. The Hall–Kier alpha value is -3.52. The zero-order valence-electron chi connectivity index (χ0n) is 15.8. The van der Waals surface area contributed by atoms with Crippen LogP contribution in [0.25, 0.3) is 22.4 Å². The largest absolute Gasteiger partial charge is 0.508 e. The lowest BCUT2D eigenvalue weighted by atomic mass is 10.1. The van der Waals surface area contributed by atoms with E-state index >= 15 is 0 Å². The van der Waals surface area contributed by atoms with Crippen molar-refractivity contribution in [3.8, 4) is 28.1 Å². The number of H-pyrrole nitrogens is 1. The third-order valence-corrected chi connectivity index (χ3v) is 4.55. The number of carbonyl (C=O) groups excluding carboxylic acids is 2. The number of hydroxylamine groups is 1. The van der Waals surface area contributed by atoms with E-state index in [0.717, 1.165) is 35.2 Å². The van der Waals surface area contributed by atoms with Crippen molar-refractivity contribution in [2.45, 2.75) is 25.7 Å². The van der Waals surface area contributed by atoms with Crippen LogP contribution in [0.2, 0.25) is 0 Å². The van der Waals surface area contributed by atoms with Crippen molar-refractivity contribution in [3.63, 3.8) is 0 Å². The minimum atomic E-state index is -0.410. The number of benzene rings is 1. The number of furan rings is 1. The SMILES string of the molecule is O=C(CCCCCNC(=O)c1[nH]c(-c2ccc(O)cc2)cc1-c1ccoc1)NO. The second-order valence-electron chi connectivity index (χ2n) is 6.63. The van der Waals surface area contributed by atoms with Crippen molar-refractivity contribution in [2.24, 2.45) is 0 Å². The average molecular weight is 397 g/mol. The van der Waals surface area contributed by atoms with E-state index in [1.165, 1.54) is 0 Å². The molecule has 0 atom stereocenters. The summed E-state index contributed by atoms with van der Waals surface area (Å²) >= 11 is 0. The lowest BCUT2D eigenvalue weighted by molar-refractivity contribution is -0.129. The molecule has 152 valence electrons. The molecule has 0 saturated carbocycles. The zero-order chi connectivity index (χ0) is 20.6. The molecule has 0 radical (unpaired) electrons. The van der Waals surface area contributed by atoms with Crippen LogP contribution in [0.1, 0.15) is 36.2 Å². The van der Waals surface area contributed by atoms with Gasteiger partial charge in [0.1, 0.15) is 11.4 Å². The number of aromatic amines is 1. The molecule has 0 spiro atoms. The van der Waals surface area contributed by atoms with Crippen LogP contribution < -0.4 is 10.8 Å². The van der Waals surface area contributed by atoms with Crippen LogP contribution in [-0.4, -0.2) is 33.7 Å². The van der Waals surface area contributed by atoms with Crippen LogP contribution in [0.5, 0.6) is 5.75 Å². The molecule has 2 amide bonds. The van der Waals surface area contributed by atoms with Gasteiger partial charge >= 0.3 is 0 Å². The molecule has 0 aliphatic carbocycles. The molecule has 0 bridgehead atoms. The number of aromatic nitrogens is 1. The summed E-state index contributed by atoms with van der Waals surface area (Å²) in [4.78, 5) is 26.9. The first kappa shape index (κ1) is 20.2. The van der Waals surface area contributed by atoms with Gasteiger partial charge in [0.25, 0.3) is 5.91 Å². The number of aromatic hydroxyl groups is 1. The minimum Gasteiger partial charge on any atom is -0.508 e. The van der Waals surface area contributed by atoms with Crippen LogP contribution in [0.3, 0.4) is 0 Å². The molecule has 8 nitrogen and oxygen atoms in total. The molecule has 3 aromatic rings. The van der Waals surface area contributed by atoms with E-state index in [2.05, 4.69) is 10.3 Å². The first-order chi connectivity index (χ1) is 14.1. The van der Waals surface area contributed by atoms with E-state index < -0.39 is 5.91 Å². The standard InChI is InChI=1S/C21H23N3O5/c25-16-7-5-14(6-8-16)18-12-17(15-9-11-29-13-15)20(23-18)21(27)22-10-3-1-2-4-19(26)24-28/h5-9,11-13,23,25,28H,1-4,10H2,(H,22,27)(H,24,26). The van der Waals surface area contributed by atoms with Gasteiger partial charge in [0.2, 0.25) is 5.91 Å². The summed E-state index contributed by atoms with van der Waals surface area (Å²) < 4.78 is 5.16.